The maximum Gasteiger partial charge on any atom is 0.318 e. The molecule has 1 saturated heterocycles. The predicted molar refractivity (Wildman–Crippen MR) is 59.5 cm³/mol. The van der Waals surface area contributed by atoms with Crippen molar-refractivity contribution in [3.8, 4) is 0 Å². The highest BCUT2D eigenvalue weighted by Crippen LogP contribution is 2.22. The molecule has 86 valence electrons. The molecule has 0 spiro atoms. The van der Waals surface area contributed by atoms with Crippen molar-refractivity contribution in [2.75, 3.05) is 6.54 Å². The molecule has 1 atom stereocenters. The summed E-state index contributed by atoms with van der Waals surface area (Å²) in [5, 5.41) is 2.85. The number of nitrogens with one attached hydrogen (secondary N) is 1. The van der Waals surface area contributed by atoms with Crippen molar-refractivity contribution in [3.05, 3.63) is 35.6 Å². The molecule has 0 radical (unpaired) electrons. The van der Waals surface area contributed by atoms with Crippen molar-refractivity contribution in [2.45, 2.75) is 25.9 Å². The van der Waals surface area contributed by atoms with Crippen molar-refractivity contribution < 1.29 is 9.18 Å². The molecule has 0 aliphatic carbocycles. The summed E-state index contributed by atoms with van der Waals surface area (Å²) in [7, 11) is 0. The first-order valence-electron chi connectivity index (χ1n) is 5.40. The van der Waals surface area contributed by atoms with Crippen molar-refractivity contribution in [1.29, 1.82) is 0 Å². The largest absolute Gasteiger partial charge is 0.329 e. The third kappa shape index (κ3) is 2.01. The monoisotopic (exact) mass is 222 g/mol. The molecule has 2 amide bonds. The average molecular weight is 222 g/mol. The fourth-order valence-electron chi connectivity index (χ4n) is 1.91. The van der Waals surface area contributed by atoms with E-state index < -0.39 is 0 Å². The van der Waals surface area contributed by atoms with E-state index in [2.05, 4.69) is 5.32 Å². The minimum atomic E-state index is -0.269. The second kappa shape index (κ2) is 4.12. The zero-order valence-corrected chi connectivity index (χ0v) is 9.40. The standard InChI is InChI=1S/C12H15FN2O/c1-8(2)15-7-11(14-12(15)16)9-4-3-5-10(13)6-9/h3-6,8,11H,7H2,1-2H3,(H,14,16). The maximum atomic E-state index is 13.0. The summed E-state index contributed by atoms with van der Waals surface area (Å²) >= 11 is 0. The molecule has 1 aliphatic rings. The summed E-state index contributed by atoms with van der Waals surface area (Å²) in [5.41, 5.74) is 0.816. The molecular weight excluding hydrogens is 207 g/mol. The smallest absolute Gasteiger partial charge is 0.318 e. The van der Waals surface area contributed by atoms with E-state index in [1.165, 1.54) is 12.1 Å². The topological polar surface area (TPSA) is 32.3 Å². The van der Waals surface area contributed by atoms with Gasteiger partial charge < -0.3 is 10.2 Å². The van der Waals surface area contributed by atoms with Gasteiger partial charge in [0.05, 0.1) is 6.04 Å². The number of hydrogen-bond donors (Lipinski definition) is 1. The summed E-state index contributed by atoms with van der Waals surface area (Å²) in [5.74, 6) is -0.269. The second-order valence-corrected chi connectivity index (χ2v) is 4.30. The van der Waals surface area contributed by atoms with E-state index in [-0.39, 0.29) is 23.9 Å². The van der Waals surface area contributed by atoms with Gasteiger partial charge >= 0.3 is 6.03 Å². The van der Waals surface area contributed by atoms with Crippen LogP contribution in [0.3, 0.4) is 0 Å². The third-order valence-electron chi connectivity index (χ3n) is 2.81. The molecule has 1 heterocycles. The number of carbonyl (C=O) groups is 1. The Morgan fingerprint density at radius 2 is 2.25 bits per heavy atom. The number of halogens is 1. The van der Waals surface area contributed by atoms with Gasteiger partial charge in [-0.15, -0.1) is 0 Å². The van der Waals surface area contributed by atoms with Gasteiger partial charge in [0.1, 0.15) is 5.82 Å². The number of rotatable bonds is 2. The van der Waals surface area contributed by atoms with E-state index in [1.54, 1.807) is 11.0 Å². The van der Waals surface area contributed by atoms with Crippen LogP contribution in [-0.4, -0.2) is 23.5 Å². The molecule has 2 rings (SSSR count). The first-order chi connectivity index (χ1) is 7.58. The number of amides is 2. The van der Waals surface area contributed by atoms with E-state index in [0.717, 1.165) is 5.56 Å². The van der Waals surface area contributed by atoms with Gasteiger partial charge in [-0.1, -0.05) is 12.1 Å². The van der Waals surface area contributed by atoms with Gasteiger partial charge in [0.15, 0.2) is 0 Å². The van der Waals surface area contributed by atoms with Crippen LogP contribution in [0, 0.1) is 5.82 Å². The molecular formula is C12H15FN2O. The van der Waals surface area contributed by atoms with Gasteiger partial charge in [-0.3, -0.25) is 0 Å². The van der Waals surface area contributed by atoms with Gasteiger partial charge in [-0.2, -0.15) is 0 Å². The Bertz CT molecular complexity index is 406. The quantitative estimate of drug-likeness (QED) is 0.818. The highest BCUT2D eigenvalue weighted by molar-refractivity contribution is 5.77. The van der Waals surface area contributed by atoms with Crippen LogP contribution in [0.1, 0.15) is 25.5 Å². The normalized spacial score (nSPS) is 20.4. The van der Waals surface area contributed by atoms with E-state index in [0.29, 0.717) is 6.54 Å². The molecule has 4 heteroatoms. The zero-order chi connectivity index (χ0) is 11.7. The van der Waals surface area contributed by atoms with Gasteiger partial charge in [-0.25, -0.2) is 9.18 Å². The molecule has 1 aromatic rings. The molecule has 1 aromatic carbocycles. The fourth-order valence-corrected chi connectivity index (χ4v) is 1.91. The Labute approximate surface area is 94.3 Å². The van der Waals surface area contributed by atoms with Crippen LogP contribution in [-0.2, 0) is 0 Å². The summed E-state index contributed by atoms with van der Waals surface area (Å²) in [4.78, 5) is 13.4. The molecule has 1 unspecified atom stereocenters. The van der Waals surface area contributed by atoms with Gasteiger partial charge in [-0.05, 0) is 31.5 Å². The van der Waals surface area contributed by atoms with E-state index in [4.69, 9.17) is 0 Å². The molecule has 16 heavy (non-hydrogen) atoms. The number of hydrogen-bond acceptors (Lipinski definition) is 1. The maximum absolute atomic E-state index is 13.0. The van der Waals surface area contributed by atoms with Gasteiger partial charge in [0, 0.05) is 12.6 Å². The number of urea groups is 1. The lowest BCUT2D eigenvalue weighted by molar-refractivity contribution is 0.206. The van der Waals surface area contributed by atoms with Crippen LogP contribution >= 0.6 is 0 Å². The summed E-state index contributed by atoms with van der Waals surface area (Å²) in [6.45, 7) is 4.53. The van der Waals surface area contributed by atoms with Crippen LogP contribution in [0.2, 0.25) is 0 Å². The second-order valence-electron chi connectivity index (χ2n) is 4.30. The SMILES string of the molecule is CC(C)N1CC(c2cccc(F)c2)NC1=O. The van der Waals surface area contributed by atoms with Gasteiger partial charge in [0.2, 0.25) is 0 Å². The molecule has 0 saturated carbocycles. The van der Waals surface area contributed by atoms with Crippen LogP contribution in [0.4, 0.5) is 9.18 Å². The first-order valence-corrected chi connectivity index (χ1v) is 5.40. The van der Waals surface area contributed by atoms with Crippen molar-refractivity contribution in [1.82, 2.24) is 10.2 Å². The van der Waals surface area contributed by atoms with Crippen molar-refractivity contribution in [2.24, 2.45) is 0 Å². The minimum absolute atomic E-state index is 0.0794. The molecule has 0 aromatic heterocycles. The Morgan fingerprint density at radius 1 is 1.50 bits per heavy atom. The minimum Gasteiger partial charge on any atom is -0.329 e. The third-order valence-corrected chi connectivity index (χ3v) is 2.81. The fraction of sp³-hybridized carbons (Fsp3) is 0.417. The Balaban J connectivity index is 2.17. The van der Waals surface area contributed by atoms with Crippen LogP contribution in [0.25, 0.3) is 0 Å². The summed E-state index contributed by atoms with van der Waals surface area (Å²) in [6.07, 6.45) is 0. The van der Waals surface area contributed by atoms with Crippen LogP contribution in [0.15, 0.2) is 24.3 Å². The number of carbonyl (C=O) groups excluding carboxylic acids is 1. The lowest BCUT2D eigenvalue weighted by Crippen LogP contribution is -2.33. The number of nitrogens with zero attached hydrogens (tertiary/aromatic N) is 1. The lowest BCUT2D eigenvalue weighted by atomic mass is 10.1. The summed E-state index contributed by atoms with van der Waals surface area (Å²) in [6, 6.07) is 6.34. The highest BCUT2D eigenvalue weighted by atomic mass is 19.1. The Hall–Kier alpha value is -1.58. The van der Waals surface area contributed by atoms with Crippen LogP contribution in [0.5, 0.6) is 0 Å². The zero-order valence-electron chi connectivity index (χ0n) is 9.40. The van der Waals surface area contributed by atoms with Gasteiger partial charge in [0.25, 0.3) is 0 Å². The molecule has 1 fully saturated rings. The van der Waals surface area contributed by atoms with E-state index in [1.807, 2.05) is 19.9 Å². The average Bonchev–Trinajstić information content (AvgIpc) is 2.60. The number of benzene rings is 1. The van der Waals surface area contributed by atoms with Crippen LogP contribution < -0.4 is 5.32 Å². The van der Waals surface area contributed by atoms with E-state index >= 15 is 0 Å². The Morgan fingerprint density at radius 3 is 2.81 bits per heavy atom. The van der Waals surface area contributed by atoms with Crippen molar-refractivity contribution in [3.63, 3.8) is 0 Å². The van der Waals surface area contributed by atoms with E-state index in [9.17, 15) is 9.18 Å². The molecule has 1 aliphatic heterocycles. The summed E-state index contributed by atoms with van der Waals surface area (Å²) < 4.78 is 13.0. The lowest BCUT2D eigenvalue weighted by Gasteiger charge is -2.18. The van der Waals surface area contributed by atoms with Crippen molar-refractivity contribution >= 4 is 6.03 Å². The Kier molecular flexibility index (Phi) is 2.81. The molecule has 0 bridgehead atoms. The highest BCUT2D eigenvalue weighted by Gasteiger charge is 2.31. The first kappa shape index (κ1) is 10.9. The molecule has 1 N–H and O–H groups in total. The predicted octanol–water partition coefficient (Wildman–Crippen LogP) is 2.30. The molecule has 3 nitrogen and oxygen atoms in total.